The first-order valence-electron chi connectivity index (χ1n) is 27.9. The summed E-state index contributed by atoms with van der Waals surface area (Å²) in [7, 11) is 0. The Morgan fingerprint density at radius 1 is 0.323 bits per heavy atom. The van der Waals surface area contributed by atoms with Crippen LogP contribution in [-0.4, -0.2) is 37.2 Å². The van der Waals surface area contributed by atoms with Gasteiger partial charge < -0.3 is 14.2 Å². The van der Waals surface area contributed by atoms with E-state index in [1.54, 1.807) is 0 Å². The lowest BCUT2D eigenvalue weighted by molar-refractivity contribution is -0.167. The third-order valence-corrected chi connectivity index (χ3v) is 13.2. The summed E-state index contributed by atoms with van der Waals surface area (Å²) in [6.45, 7) is 9.07. The van der Waals surface area contributed by atoms with Crippen molar-refractivity contribution in [3.63, 3.8) is 0 Å². The molecule has 0 heterocycles. The molecule has 0 aliphatic heterocycles. The zero-order chi connectivity index (χ0) is 45.2. The molecule has 0 saturated heterocycles. The van der Waals surface area contributed by atoms with Crippen LogP contribution in [0.4, 0.5) is 0 Å². The monoisotopic (exact) mass is 877 g/mol. The van der Waals surface area contributed by atoms with Crippen LogP contribution in [0.3, 0.4) is 0 Å². The summed E-state index contributed by atoms with van der Waals surface area (Å²) in [5.41, 5.74) is 0. The number of esters is 3. The maximum absolute atomic E-state index is 12.8. The van der Waals surface area contributed by atoms with Crippen molar-refractivity contribution in [3.05, 3.63) is 0 Å². The minimum Gasteiger partial charge on any atom is -0.462 e. The zero-order valence-electron chi connectivity index (χ0n) is 42.3. The maximum Gasteiger partial charge on any atom is 0.306 e. The minimum absolute atomic E-state index is 0.0624. The molecule has 62 heavy (non-hydrogen) atoms. The average molecular weight is 877 g/mol. The van der Waals surface area contributed by atoms with Crippen molar-refractivity contribution in [2.75, 3.05) is 13.2 Å². The molecular formula is C56H108O6. The van der Waals surface area contributed by atoms with Gasteiger partial charge in [0.15, 0.2) is 6.10 Å². The van der Waals surface area contributed by atoms with Crippen LogP contribution < -0.4 is 0 Å². The zero-order valence-corrected chi connectivity index (χ0v) is 42.3. The van der Waals surface area contributed by atoms with Gasteiger partial charge in [-0.15, -0.1) is 0 Å². The van der Waals surface area contributed by atoms with Gasteiger partial charge in [0.1, 0.15) is 13.2 Å². The van der Waals surface area contributed by atoms with E-state index in [9.17, 15) is 14.4 Å². The molecule has 0 bridgehead atoms. The van der Waals surface area contributed by atoms with Crippen LogP contribution in [0.15, 0.2) is 0 Å². The van der Waals surface area contributed by atoms with Gasteiger partial charge in [-0.25, -0.2) is 0 Å². The van der Waals surface area contributed by atoms with E-state index < -0.39 is 6.10 Å². The molecule has 368 valence electrons. The van der Waals surface area contributed by atoms with Crippen LogP contribution in [0.5, 0.6) is 0 Å². The van der Waals surface area contributed by atoms with Crippen molar-refractivity contribution >= 4 is 17.9 Å². The van der Waals surface area contributed by atoms with E-state index in [0.29, 0.717) is 19.3 Å². The number of carbonyl (C=O) groups is 3. The molecule has 0 aromatic carbocycles. The van der Waals surface area contributed by atoms with Crippen LogP contribution in [0.2, 0.25) is 0 Å². The van der Waals surface area contributed by atoms with Crippen molar-refractivity contribution in [2.45, 2.75) is 323 Å². The first-order chi connectivity index (χ1) is 30.4. The SMILES string of the molecule is CCCCCCCCCCCCCCCCCCCCC(=O)O[C@H](COC(=O)CCCCCCCCCCCCCC)COC(=O)CCCCCCCCCCCCC(C)CC. The Balaban J connectivity index is 4.29. The molecule has 2 atom stereocenters. The number of unbranched alkanes of at least 4 members (excludes halogenated alkanes) is 37. The molecule has 0 aliphatic carbocycles. The summed E-state index contributed by atoms with van der Waals surface area (Å²) in [6.07, 6.45) is 53.7. The topological polar surface area (TPSA) is 78.9 Å². The van der Waals surface area contributed by atoms with E-state index in [-0.39, 0.29) is 31.1 Å². The predicted octanol–water partition coefficient (Wildman–Crippen LogP) is 18.2. The molecule has 0 saturated carbocycles. The Kier molecular flexibility index (Phi) is 49.1. The van der Waals surface area contributed by atoms with E-state index in [2.05, 4.69) is 27.7 Å². The second-order valence-corrected chi connectivity index (χ2v) is 19.5. The van der Waals surface area contributed by atoms with Gasteiger partial charge in [0.05, 0.1) is 0 Å². The van der Waals surface area contributed by atoms with Gasteiger partial charge in [-0.3, -0.25) is 14.4 Å². The smallest absolute Gasteiger partial charge is 0.306 e. The quantitative estimate of drug-likeness (QED) is 0.0344. The first-order valence-corrected chi connectivity index (χ1v) is 27.9. The molecule has 0 rings (SSSR count). The van der Waals surface area contributed by atoms with Crippen LogP contribution in [0, 0.1) is 5.92 Å². The lowest BCUT2D eigenvalue weighted by Crippen LogP contribution is -2.30. The van der Waals surface area contributed by atoms with Gasteiger partial charge in [0.25, 0.3) is 0 Å². The van der Waals surface area contributed by atoms with Gasteiger partial charge in [0.2, 0.25) is 0 Å². The highest BCUT2D eigenvalue weighted by Gasteiger charge is 2.19. The highest BCUT2D eigenvalue weighted by Crippen LogP contribution is 2.18. The van der Waals surface area contributed by atoms with Gasteiger partial charge in [-0.1, -0.05) is 278 Å². The Morgan fingerprint density at radius 2 is 0.565 bits per heavy atom. The lowest BCUT2D eigenvalue weighted by Gasteiger charge is -2.18. The normalized spacial score (nSPS) is 12.4. The molecule has 1 unspecified atom stereocenters. The van der Waals surface area contributed by atoms with Gasteiger partial charge in [-0.2, -0.15) is 0 Å². The highest BCUT2D eigenvalue weighted by atomic mass is 16.6. The third kappa shape index (κ3) is 47.9. The fourth-order valence-electron chi connectivity index (χ4n) is 8.54. The summed E-state index contributed by atoms with van der Waals surface area (Å²) in [5.74, 6) is 0.0302. The number of hydrogen-bond donors (Lipinski definition) is 0. The second kappa shape index (κ2) is 50.4. The summed E-state index contributed by atoms with van der Waals surface area (Å²) in [6, 6.07) is 0. The average Bonchev–Trinajstić information content (AvgIpc) is 3.27. The first kappa shape index (κ1) is 60.4. The van der Waals surface area contributed by atoms with Gasteiger partial charge in [-0.05, 0) is 25.2 Å². The van der Waals surface area contributed by atoms with Crippen LogP contribution in [0.25, 0.3) is 0 Å². The van der Waals surface area contributed by atoms with Crippen LogP contribution >= 0.6 is 0 Å². The van der Waals surface area contributed by atoms with Crippen molar-refractivity contribution in [2.24, 2.45) is 5.92 Å². The van der Waals surface area contributed by atoms with E-state index in [1.807, 2.05) is 0 Å². The summed E-state index contributed by atoms with van der Waals surface area (Å²) in [5, 5.41) is 0. The van der Waals surface area contributed by atoms with Gasteiger partial charge >= 0.3 is 17.9 Å². The van der Waals surface area contributed by atoms with Crippen molar-refractivity contribution in [1.29, 1.82) is 0 Å². The summed E-state index contributed by atoms with van der Waals surface area (Å²) >= 11 is 0. The number of hydrogen-bond acceptors (Lipinski definition) is 6. The molecule has 6 heteroatoms. The minimum atomic E-state index is -0.761. The summed E-state index contributed by atoms with van der Waals surface area (Å²) in [4.78, 5) is 38.0. The van der Waals surface area contributed by atoms with Crippen molar-refractivity contribution < 1.29 is 28.6 Å². The highest BCUT2D eigenvalue weighted by molar-refractivity contribution is 5.71. The van der Waals surface area contributed by atoms with Crippen molar-refractivity contribution in [3.8, 4) is 0 Å². The standard InChI is InChI=1S/C56H108O6/c1-5-8-10-12-14-16-18-20-21-22-23-24-25-27-33-37-41-45-49-56(59)62-53(50-60-54(57)47-43-39-35-31-26-19-17-15-13-11-9-6-2)51-61-55(58)48-44-40-36-32-29-28-30-34-38-42-46-52(4)7-3/h52-53H,5-51H2,1-4H3/t52?,53-/m1/s1. The Labute approximate surface area is 387 Å². The Morgan fingerprint density at radius 3 is 0.839 bits per heavy atom. The molecule has 0 amide bonds. The maximum atomic E-state index is 12.8. The second-order valence-electron chi connectivity index (χ2n) is 19.5. The molecular weight excluding hydrogens is 769 g/mol. The Hall–Kier alpha value is -1.59. The molecule has 0 fully saturated rings. The molecule has 0 spiro atoms. The fourth-order valence-corrected chi connectivity index (χ4v) is 8.54. The summed E-state index contributed by atoms with van der Waals surface area (Å²) < 4.78 is 16.9. The van der Waals surface area contributed by atoms with E-state index in [1.165, 1.54) is 212 Å². The van der Waals surface area contributed by atoms with Gasteiger partial charge in [0, 0.05) is 19.3 Å². The number of rotatable bonds is 51. The number of carbonyl (C=O) groups excluding carboxylic acids is 3. The van der Waals surface area contributed by atoms with E-state index in [4.69, 9.17) is 14.2 Å². The molecule has 0 N–H and O–H groups in total. The fraction of sp³-hybridized carbons (Fsp3) is 0.946. The molecule has 6 nitrogen and oxygen atoms in total. The largest absolute Gasteiger partial charge is 0.462 e. The van der Waals surface area contributed by atoms with Crippen LogP contribution in [-0.2, 0) is 28.6 Å². The number of ether oxygens (including phenoxy) is 3. The Bertz CT molecular complexity index is 935. The van der Waals surface area contributed by atoms with E-state index in [0.717, 1.165) is 63.7 Å². The van der Waals surface area contributed by atoms with Crippen molar-refractivity contribution in [1.82, 2.24) is 0 Å². The van der Waals surface area contributed by atoms with Crippen LogP contribution in [0.1, 0.15) is 317 Å². The lowest BCUT2D eigenvalue weighted by atomic mass is 9.99. The molecule has 0 aromatic rings. The van der Waals surface area contributed by atoms with E-state index >= 15 is 0 Å². The molecule has 0 aromatic heterocycles. The predicted molar refractivity (Wildman–Crippen MR) is 266 cm³/mol. The molecule has 0 aliphatic rings. The molecule has 0 radical (unpaired) electrons. The third-order valence-electron chi connectivity index (χ3n) is 13.2.